The molecule has 1 aliphatic rings. The first-order valence-electron chi connectivity index (χ1n) is 5.46. The molecule has 0 saturated carbocycles. The molecule has 12 heavy (non-hydrogen) atoms. The third-order valence-electron chi connectivity index (χ3n) is 3.51. The molecule has 0 bridgehead atoms. The number of rotatable bonds is 2. The van der Waals surface area contributed by atoms with Crippen molar-refractivity contribution in [1.29, 1.82) is 0 Å². The van der Waals surface area contributed by atoms with Crippen LogP contribution in [0.4, 0.5) is 0 Å². The fourth-order valence-electron chi connectivity index (χ4n) is 2.37. The highest BCUT2D eigenvalue weighted by Crippen LogP contribution is 2.29. The van der Waals surface area contributed by atoms with Gasteiger partial charge in [-0.1, -0.05) is 33.6 Å². The summed E-state index contributed by atoms with van der Waals surface area (Å²) in [5.74, 6) is 0.778. The Morgan fingerprint density at radius 3 is 2.58 bits per heavy atom. The predicted molar refractivity (Wildman–Crippen MR) is 54.3 cm³/mol. The van der Waals surface area contributed by atoms with E-state index in [4.69, 9.17) is 0 Å². The number of hydrogen-bond acceptors (Lipinski definition) is 1. The zero-order valence-electron chi connectivity index (χ0n) is 8.82. The SMILES string of the molecule is CCC1(C(C)C)CCCCCN1. The lowest BCUT2D eigenvalue weighted by Gasteiger charge is -2.37. The number of hydrogen-bond donors (Lipinski definition) is 1. The minimum Gasteiger partial charge on any atom is -0.311 e. The van der Waals surface area contributed by atoms with Gasteiger partial charge >= 0.3 is 0 Å². The lowest BCUT2D eigenvalue weighted by atomic mass is 9.80. The van der Waals surface area contributed by atoms with Crippen LogP contribution in [0.3, 0.4) is 0 Å². The van der Waals surface area contributed by atoms with E-state index in [2.05, 4.69) is 26.1 Å². The van der Waals surface area contributed by atoms with Gasteiger partial charge in [-0.3, -0.25) is 0 Å². The molecule has 0 aliphatic carbocycles. The van der Waals surface area contributed by atoms with Gasteiger partial charge in [0.1, 0.15) is 0 Å². The van der Waals surface area contributed by atoms with Crippen LogP contribution in [-0.4, -0.2) is 12.1 Å². The molecule has 1 saturated heterocycles. The lowest BCUT2D eigenvalue weighted by Crippen LogP contribution is -2.48. The first kappa shape index (κ1) is 10.0. The molecule has 1 fully saturated rings. The Kier molecular flexibility index (Phi) is 3.57. The van der Waals surface area contributed by atoms with Gasteiger partial charge in [0.05, 0.1) is 0 Å². The van der Waals surface area contributed by atoms with Gasteiger partial charge in [-0.05, 0) is 31.7 Å². The molecule has 1 nitrogen and oxygen atoms in total. The van der Waals surface area contributed by atoms with Crippen molar-refractivity contribution < 1.29 is 0 Å². The Morgan fingerprint density at radius 2 is 2.00 bits per heavy atom. The highest BCUT2D eigenvalue weighted by molar-refractivity contribution is 4.90. The minimum atomic E-state index is 0.455. The van der Waals surface area contributed by atoms with E-state index in [1.807, 2.05) is 0 Å². The van der Waals surface area contributed by atoms with E-state index >= 15 is 0 Å². The average Bonchev–Trinajstić information content (AvgIpc) is 2.29. The molecule has 0 amide bonds. The van der Waals surface area contributed by atoms with E-state index in [1.165, 1.54) is 38.6 Å². The lowest BCUT2D eigenvalue weighted by molar-refractivity contribution is 0.219. The molecule has 0 aromatic rings. The topological polar surface area (TPSA) is 12.0 Å². The van der Waals surface area contributed by atoms with Crippen LogP contribution in [0.25, 0.3) is 0 Å². The molecule has 1 N–H and O–H groups in total. The van der Waals surface area contributed by atoms with Crippen molar-refractivity contribution in [3.8, 4) is 0 Å². The summed E-state index contributed by atoms with van der Waals surface area (Å²) < 4.78 is 0. The van der Waals surface area contributed by atoms with Crippen molar-refractivity contribution >= 4 is 0 Å². The van der Waals surface area contributed by atoms with Crippen molar-refractivity contribution in [2.75, 3.05) is 6.54 Å². The molecule has 0 aromatic heterocycles. The Bertz CT molecular complexity index is 121. The largest absolute Gasteiger partial charge is 0.311 e. The molecule has 0 spiro atoms. The molecule has 0 radical (unpaired) electrons. The van der Waals surface area contributed by atoms with E-state index in [0.717, 1.165) is 5.92 Å². The molecule has 1 unspecified atom stereocenters. The van der Waals surface area contributed by atoms with Crippen molar-refractivity contribution in [3.63, 3.8) is 0 Å². The molecule has 1 heteroatoms. The molecule has 1 heterocycles. The maximum Gasteiger partial charge on any atom is 0.0201 e. The van der Waals surface area contributed by atoms with Gasteiger partial charge in [-0.25, -0.2) is 0 Å². The van der Waals surface area contributed by atoms with Gasteiger partial charge in [0, 0.05) is 5.54 Å². The van der Waals surface area contributed by atoms with Crippen molar-refractivity contribution in [2.45, 2.75) is 58.4 Å². The third-order valence-corrected chi connectivity index (χ3v) is 3.51. The Hall–Kier alpha value is -0.0400. The first-order chi connectivity index (χ1) is 5.71. The third kappa shape index (κ3) is 2.01. The molecule has 1 aliphatic heterocycles. The second-order valence-corrected chi connectivity index (χ2v) is 4.40. The molecular formula is C11H23N. The summed E-state index contributed by atoms with van der Waals surface area (Å²) in [5, 5.41) is 3.74. The van der Waals surface area contributed by atoms with Gasteiger partial charge in [0.2, 0.25) is 0 Å². The minimum absolute atomic E-state index is 0.455. The van der Waals surface area contributed by atoms with Crippen LogP contribution in [0.15, 0.2) is 0 Å². The Morgan fingerprint density at radius 1 is 1.25 bits per heavy atom. The van der Waals surface area contributed by atoms with Crippen LogP contribution < -0.4 is 5.32 Å². The highest BCUT2D eigenvalue weighted by Gasteiger charge is 2.31. The van der Waals surface area contributed by atoms with Crippen molar-refractivity contribution in [1.82, 2.24) is 5.32 Å². The molecule has 72 valence electrons. The Labute approximate surface area is 76.9 Å². The monoisotopic (exact) mass is 169 g/mol. The summed E-state index contributed by atoms with van der Waals surface area (Å²) in [6, 6.07) is 0. The van der Waals surface area contributed by atoms with Crippen LogP contribution in [0.2, 0.25) is 0 Å². The Balaban J connectivity index is 2.61. The summed E-state index contributed by atoms with van der Waals surface area (Å²) >= 11 is 0. The van der Waals surface area contributed by atoms with Gasteiger partial charge in [0.15, 0.2) is 0 Å². The molecule has 0 aromatic carbocycles. The highest BCUT2D eigenvalue weighted by atomic mass is 15.0. The summed E-state index contributed by atoms with van der Waals surface area (Å²) in [6.07, 6.45) is 6.86. The van der Waals surface area contributed by atoms with E-state index in [0.29, 0.717) is 5.54 Å². The van der Waals surface area contributed by atoms with Gasteiger partial charge in [-0.15, -0.1) is 0 Å². The predicted octanol–water partition coefficient (Wildman–Crippen LogP) is 2.95. The second-order valence-electron chi connectivity index (χ2n) is 4.40. The zero-order chi connectivity index (χ0) is 9.03. The fourth-order valence-corrected chi connectivity index (χ4v) is 2.37. The van der Waals surface area contributed by atoms with Crippen LogP contribution in [0.1, 0.15) is 52.9 Å². The zero-order valence-corrected chi connectivity index (χ0v) is 8.82. The smallest absolute Gasteiger partial charge is 0.0201 e. The number of nitrogens with one attached hydrogen (secondary N) is 1. The average molecular weight is 169 g/mol. The molecular weight excluding hydrogens is 146 g/mol. The van der Waals surface area contributed by atoms with Crippen molar-refractivity contribution in [3.05, 3.63) is 0 Å². The summed E-state index contributed by atoms with van der Waals surface area (Å²) in [6.45, 7) is 8.24. The maximum atomic E-state index is 3.74. The van der Waals surface area contributed by atoms with Gasteiger partial charge in [-0.2, -0.15) is 0 Å². The van der Waals surface area contributed by atoms with Crippen LogP contribution in [0, 0.1) is 5.92 Å². The van der Waals surface area contributed by atoms with Crippen LogP contribution in [0.5, 0.6) is 0 Å². The molecule has 1 rings (SSSR count). The summed E-state index contributed by atoms with van der Waals surface area (Å²) in [4.78, 5) is 0. The summed E-state index contributed by atoms with van der Waals surface area (Å²) in [7, 11) is 0. The normalized spacial score (nSPS) is 32.0. The van der Waals surface area contributed by atoms with E-state index in [-0.39, 0.29) is 0 Å². The van der Waals surface area contributed by atoms with E-state index < -0.39 is 0 Å². The second kappa shape index (κ2) is 4.27. The van der Waals surface area contributed by atoms with Crippen molar-refractivity contribution in [2.24, 2.45) is 5.92 Å². The summed E-state index contributed by atoms with van der Waals surface area (Å²) in [5.41, 5.74) is 0.455. The van der Waals surface area contributed by atoms with Crippen LogP contribution >= 0.6 is 0 Å². The maximum absolute atomic E-state index is 3.74. The quantitative estimate of drug-likeness (QED) is 0.670. The van der Waals surface area contributed by atoms with E-state index in [1.54, 1.807) is 0 Å². The van der Waals surface area contributed by atoms with E-state index in [9.17, 15) is 0 Å². The molecule has 1 atom stereocenters. The van der Waals surface area contributed by atoms with Crippen LogP contribution in [-0.2, 0) is 0 Å². The fraction of sp³-hybridized carbons (Fsp3) is 1.00. The van der Waals surface area contributed by atoms with Gasteiger partial charge < -0.3 is 5.32 Å². The first-order valence-corrected chi connectivity index (χ1v) is 5.46. The van der Waals surface area contributed by atoms with Gasteiger partial charge in [0.25, 0.3) is 0 Å². The standard InChI is InChI=1S/C11H23N/c1-4-11(10(2)3)8-6-5-7-9-12-11/h10,12H,4-9H2,1-3H3.